The Morgan fingerprint density at radius 1 is 1.28 bits per heavy atom. The molecule has 0 bridgehead atoms. The smallest absolute Gasteiger partial charge is 0.280 e. The molecule has 1 aliphatic heterocycles. The predicted octanol–water partition coefficient (Wildman–Crippen LogP) is 2.55. The summed E-state index contributed by atoms with van der Waals surface area (Å²) in [5.74, 6) is -2.15. The summed E-state index contributed by atoms with van der Waals surface area (Å²) >= 11 is 0. The van der Waals surface area contributed by atoms with Crippen molar-refractivity contribution in [1.29, 1.82) is 0 Å². The molecule has 2 aliphatic rings. The van der Waals surface area contributed by atoms with E-state index in [2.05, 4.69) is 24.9 Å². The first-order valence-electron chi connectivity index (χ1n) is 9.65. The lowest BCUT2D eigenvalue weighted by Gasteiger charge is -2.37. The van der Waals surface area contributed by atoms with E-state index in [1.54, 1.807) is 12.4 Å². The highest BCUT2D eigenvalue weighted by atomic mass is 32.2. The Kier molecular flexibility index (Phi) is 5.03. The minimum Gasteiger partial charge on any atom is -0.345 e. The Labute approximate surface area is 169 Å². The van der Waals surface area contributed by atoms with E-state index in [9.17, 15) is 17.2 Å². The van der Waals surface area contributed by atoms with Crippen LogP contribution in [0.1, 0.15) is 47.7 Å². The molecule has 1 saturated heterocycles. The maximum Gasteiger partial charge on any atom is 0.280 e. The molecule has 162 valence electrons. The van der Waals surface area contributed by atoms with Crippen molar-refractivity contribution in [3.63, 3.8) is 0 Å². The van der Waals surface area contributed by atoms with Gasteiger partial charge in [-0.05, 0) is 25.3 Å². The van der Waals surface area contributed by atoms with Gasteiger partial charge in [0, 0.05) is 21.0 Å². The molecule has 5 rings (SSSR count). The van der Waals surface area contributed by atoms with E-state index in [1.807, 2.05) is 24.3 Å². The van der Waals surface area contributed by atoms with E-state index in [4.69, 9.17) is 0 Å². The van der Waals surface area contributed by atoms with Gasteiger partial charge < -0.3 is 4.98 Å². The van der Waals surface area contributed by atoms with Crippen LogP contribution >= 0.6 is 0 Å². The molecule has 2 N–H and O–H groups in total. The molecule has 2 atom stereocenters. The summed E-state index contributed by atoms with van der Waals surface area (Å²) in [5, 5.41) is 8.46. The highest BCUT2D eigenvalue weighted by Crippen LogP contribution is 2.36. The molecule has 4 heterocycles. The topological polar surface area (TPSA) is 108 Å². The van der Waals surface area contributed by atoms with Crippen molar-refractivity contribution in [1.82, 2.24) is 33.6 Å². The molecule has 12 heteroatoms. The van der Waals surface area contributed by atoms with Crippen LogP contribution in [-0.2, 0) is 10.2 Å². The van der Waals surface area contributed by atoms with E-state index >= 15 is 0 Å². The number of nitrogens with one attached hydrogen (secondary N) is 2. The van der Waals surface area contributed by atoms with Gasteiger partial charge in [0.15, 0.2) is 11.3 Å². The molecule has 2 fully saturated rings. The second-order valence-corrected chi connectivity index (χ2v) is 8.88. The lowest BCUT2D eigenvalue weighted by atomic mass is 10.1. The van der Waals surface area contributed by atoms with Crippen LogP contribution in [0.2, 0.25) is 0 Å². The van der Waals surface area contributed by atoms with Gasteiger partial charge in [-0.2, -0.15) is 17.4 Å². The Balaban J connectivity index is 0.000000830. The largest absolute Gasteiger partial charge is 0.345 e. The summed E-state index contributed by atoms with van der Waals surface area (Å²) in [7, 11) is -3.89. The summed E-state index contributed by atoms with van der Waals surface area (Å²) in [5.41, 5.74) is 2.21. The first-order chi connectivity index (χ1) is 13.8. The fourth-order valence-corrected chi connectivity index (χ4v) is 5.41. The summed E-state index contributed by atoms with van der Waals surface area (Å²) in [6.45, 7) is 2.48. The first-order valence-corrected chi connectivity index (χ1v) is 11.1. The molecule has 0 radical (unpaired) electrons. The zero-order valence-electron chi connectivity index (χ0n) is 16.1. The SMILES string of the molecule is CC.O=S(=O)(NC1CCC(c2nnc3cnc4[nH]ccc4n23)C1)N1CC(F)(F)C1.[HH].[HH]. The summed E-state index contributed by atoms with van der Waals surface area (Å²) in [6.07, 6.45) is 5.31. The average Bonchev–Trinajstić information content (AvgIpc) is 3.38. The van der Waals surface area contributed by atoms with E-state index in [1.165, 1.54) is 0 Å². The molecule has 9 nitrogen and oxygen atoms in total. The van der Waals surface area contributed by atoms with Crippen molar-refractivity contribution in [3.05, 3.63) is 24.3 Å². The molecule has 29 heavy (non-hydrogen) atoms. The fourth-order valence-electron chi connectivity index (χ4n) is 3.91. The van der Waals surface area contributed by atoms with Gasteiger partial charge in [-0.25, -0.2) is 13.8 Å². The minimum absolute atomic E-state index is 0. The van der Waals surface area contributed by atoms with Gasteiger partial charge in [-0.3, -0.25) is 4.40 Å². The van der Waals surface area contributed by atoms with Crippen LogP contribution < -0.4 is 4.72 Å². The highest BCUT2D eigenvalue weighted by Gasteiger charge is 2.50. The monoisotopic (exact) mass is 431 g/mol. The Bertz CT molecular complexity index is 1130. The number of hydrogen-bond acceptors (Lipinski definition) is 5. The number of nitrogens with zero attached hydrogens (tertiary/aromatic N) is 5. The Hall–Kier alpha value is -2.18. The van der Waals surface area contributed by atoms with Crippen LogP contribution in [0.5, 0.6) is 0 Å². The number of halogens is 2. The number of fused-ring (bicyclic) bond motifs is 3. The van der Waals surface area contributed by atoms with E-state index in [-0.39, 0.29) is 14.8 Å². The maximum atomic E-state index is 13.0. The van der Waals surface area contributed by atoms with Crippen LogP contribution in [-0.4, -0.2) is 62.3 Å². The summed E-state index contributed by atoms with van der Waals surface area (Å²) < 4.78 is 55.7. The number of rotatable bonds is 4. The molecule has 0 aromatic carbocycles. The van der Waals surface area contributed by atoms with Crippen molar-refractivity contribution in [2.45, 2.75) is 51.0 Å². The van der Waals surface area contributed by atoms with Crippen LogP contribution in [0.4, 0.5) is 8.78 Å². The number of H-pyrrole nitrogens is 1. The highest BCUT2D eigenvalue weighted by molar-refractivity contribution is 7.87. The third kappa shape index (κ3) is 3.60. The van der Waals surface area contributed by atoms with Gasteiger partial charge in [0.25, 0.3) is 16.1 Å². The summed E-state index contributed by atoms with van der Waals surface area (Å²) in [4.78, 5) is 7.33. The van der Waals surface area contributed by atoms with Gasteiger partial charge in [-0.15, -0.1) is 10.2 Å². The second kappa shape index (κ2) is 7.26. The van der Waals surface area contributed by atoms with Crippen molar-refractivity contribution in [2.75, 3.05) is 13.1 Å². The van der Waals surface area contributed by atoms with Crippen LogP contribution in [0.15, 0.2) is 18.5 Å². The molecule has 0 amide bonds. The summed E-state index contributed by atoms with van der Waals surface area (Å²) in [6, 6.07) is 1.58. The molecular weight excluding hydrogens is 404 g/mol. The molecular formula is C17H27F2N7O2S. The van der Waals surface area contributed by atoms with Gasteiger partial charge in [0.2, 0.25) is 0 Å². The van der Waals surface area contributed by atoms with Gasteiger partial charge in [0.1, 0.15) is 5.82 Å². The van der Waals surface area contributed by atoms with Crippen molar-refractivity contribution < 1.29 is 20.1 Å². The lowest BCUT2D eigenvalue weighted by molar-refractivity contribution is -0.0950. The minimum atomic E-state index is -3.89. The van der Waals surface area contributed by atoms with E-state index < -0.39 is 29.2 Å². The van der Waals surface area contributed by atoms with E-state index in [0.29, 0.717) is 18.5 Å². The predicted molar refractivity (Wildman–Crippen MR) is 107 cm³/mol. The second-order valence-electron chi connectivity index (χ2n) is 7.18. The van der Waals surface area contributed by atoms with Crippen molar-refractivity contribution >= 4 is 27.0 Å². The number of aromatic nitrogens is 5. The number of aromatic amines is 1. The molecule has 0 spiro atoms. The lowest BCUT2D eigenvalue weighted by Crippen LogP contribution is -2.61. The maximum absolute atomic E-state index is 13.0. The van der Waals surface area contributed by atoms with Crippen LogP contribution in [0, 0.1) is 0 Å². The quantitative estimate of drug-likeness (QED) is 0.660. The zero-order chi connectivity index (χ0) is 20.8. The third-order valence-corrected chi connectivity index (χ3v) is 6.80. The first kappa shape index (κ1) is 20.1. The van der Waals surface area contributed by atoms with Gasteiger partial charge in [0.05, 0.1) is 24.8 Å². The number of hydrogen-bond donors (Lipinski definition) is 2. The Morgan fingerprint density at radius 3 is 2.76 bits per heavy atom. The molecule has 1 aliphatic carbocycles. The van der Waals surface area contributed by atoms with Gasteiger partial charge in [-0.1, -0.05) is 13.8 Å². The third-order valence-electron chi connectivity index (χ3n) is 5.24. The molecule has 3 aromatic rings. The van der Waals surface area contributed by atoms with Crippen molar-refractivity contribution in [2.24, 2.45) is 0 Å². The number of alkyl halides is 2. The van der Waals surface area contributed by atoms with Crippen molar-refractivity contribution in [3.8, 4) is 0 Å². The van der Waals surface area contributed by atoms with Crippen LogP contribution in [0.25, 0.3) is 16.8 Å². The standard InChI is InChI=1S/C15H17F2N7O2S.C2H6.2H2/c16-15(17)7-23(8-15)27(25,26)22-10-2-1-9(5-10)14-21-20-12-6-19-13-11(24(12)14)3-4-18-13;1-2;;/h3-4,6,9-10,18,22H,1-2,5,7-8H2;1-2H3;2*1H. The molecule has 2 unspecified atom stereocenters. The normalized spacial score (nSPS) is 24.4. The average molecular weight is 432 g/mol. The van der Waals surface area contributed by atoms with Gasteiger partial charge >= 0.3 is 0 Å². The molecule has 1 saturated carbocycles. The van der Waals surface area contributed by atoms with E-state index in [0.717, 1.165) is 27.7 Å². The molecule has 3 aromatic heterocycles. The fraction of sp³-hybridized carbons (Fsp3) is 0.588. The zero-order valence-corrected chi connectivity index (χ0v) is 17.0. The Morgan fingerprint density at radius 2 is 2.03 bits per heavy atom. The van der Waals surface area contributed by atoms with Crippen LogP contribution in [0.3, 0.4) is 0 Å².